The summed E-state index contributed by atoms with van der Waals surface area (Å²) in [4.78, 5) is 4.03. The molecule has 1 heterocycles. The standard InChI is InChI=1S/C10H10ClN3/c1-12-10-9(11)13-7-14(10)8-5-3-2-4-6-8/h2-7,12H,1H3. The van der Waals surface area contributed by atoms with Crippen LogP contribution in [0.2, 0.25) is 5.15 Å². The third-order valence-electron chi connectivity index (χ3n) is 1.99. The van der Waals surface area contributed by atoms with Gasteiger partial charge < -0.3 is 5.32 Å². The van der Waals surface area contributed by atoms with Gasteiger partial charge in [0.15, 0.2) is 5.15 Å². The zero-order valence-electron chi connectivity index (χ0n) is 7.74. The minimum absolute atomic E-state index is 0.483. The molecule has 0 fully saturated rings. The predicted molar refractivity (Wildman–Crippen MR) is 58.1 cm³/mol. The summed E-state index contributed by atoms with van der Waals surface area (Å²) in [5.74, 6) is 0.804. The van der Waals surface area contributed by atoms with Crippen molar-refractivity contribution in [1.29, 1.82) is 0 Å². The van der Waals surface area contributed by atoms with E-state index in [1.165, 1.54) is 0 Å². The van der Waals surface area contributed by atoms with Crippen molar-refractivity contribution in [2.75, 3.05) is 12.4 Å². The van der Waals surface area contributed by atoms with E-state index >= 15 is 0 Å². The zero-order chi connectivity index (χ0) is 9.97. The van der Waals surface area contributed by atoms with Gasteiger partial charge in [-0.25, -0.2) is 4.98 Å². The maximum absolute atomic E-state index is 5.90. The van der Waals surface area contributed by atoms with Gasteiger partial charge in [-0.05, 0) is 12.1 Å². The fourth-order valence-electron chi connectivity index (χ4n) is 1.33. The molecule has 1 aromatic carbocycles. The van der Waals surface area contributed by atoms with Crippen LogP contribution in [-0.2, 0) is 0 Å². The zero-order valence-corrected chi connectivity index (χ0v) is 8.49. The monoisotopic (exact) mass is 207 g/mol. The van der Waals surface area contributed by atoms with Gasteiger partial charge >= 0.3 is 0 Å². The summed E-state index contributed by atoms with van der Waals surface area (Å²) in [6.45, 7) is 0. The van der Waals surface area contributed by atoms with E-state index in [0.29, 0.717) is 5.15 Å². The lowest BCUT2D eigenvalue weighted by Crippen LogP contribution is -1.99. The van der Waals surface area contributed by atoms with Crippen molar-refractivity contribution in [3.05, 3.63) is 41.8 Å². The molecule has 0 atom stereocenters. The number of imidazole rings is 1. The number of anilines is 1. The Balaban J connectivity index is 2.52. The maximum Gasteiger partial charge on any atom is 0.171 e. The Hall–Kier alpha value is -1.48. The molecular weight excluding hydrogens is 198 g/mol. The van der Waals surface area contributed by atoms with Crippen molar-refractivity contribution in [1.82, 2.24) is 9.55 Å². The summed E-state index contributed by atoms with van der Waals surface area (Å²) < 4.78 is 1.91. The number of nitrogens with one attached hydrogen (secondary N) is 1. The molecule has 0 unspecified atom stereocenters. The van der Waals surface area contributed by atoms with Crippen LogP contribution in [0.4, 0.5) is 5.82 Å². The average Bonchev–Trinajstić information content (AvgIpc) is 2.61. The van der Waals surface area contributed by atoms with Crippen molar-refractivity contribution in [3.63, 3.8) is 0 Å². The lowest BCUT2D eigenvalue weighted by atomic mass is 10.3. The van der Waals surface area contributed by atoms with E-state index in [-0.39, 0.29) is 0 Å². The minimum atomic E-state index is 0.483. The normalized spacial score (nSPS) is 10.1. The SMILES string of the molecule is CNc1c(Cl)ncn1-c1ccccc1. The second-order valence-corrected chi connectivity index (χ2v) is 3.20. The van der Waals surface area contributed by atoms with Gasteiger partial charge in [0.05, 0.1) is 0 Å². The van der Waals surface area contributed by atoms with Crippen LogP contribution in [0.15, 0.2) is 36.7 Å². The van der Waals surface area contributed by atoms with Crippen LogP contribution in [0.3, 0.4) is 0 Å². The predicted octanol–water partition coefficient (Wildman–Crippen LogP) is 2.57. The molecule has 3 nitrogen and oxygen atoms in total. The van der Waals surface area contributed by atoms with E-state index < -0.39 is 0 Å². The molecule has 0 radical (unpaired) electrons. The molecular formula is C10H10ClN3. The molecule has 0 aliphatic heterocycles. The van der Waals surface area contributed by atoms with E-state index in [1.54, 1.807) is 6.33 Å². The summed E-state index contributed by atoms with van der Waals surface area (Å²) in [6, 6.07) is 9.92. The molecule has 0 aliphatic rings. The summed E-state index contributed by atoms with van der Waals surface area (Å²) in [5, 5.41) is 3.49. The third-order valence-corrected chi connectivity index (χ3v) is 2.27. The van der Waals surface area contributed by atoms with Crippen molar-refractivity contribution in [3.8, 4) is 5.69 Å². The highest BCUT2D eigenvalue weighted by atomic mass is 35.5. The largest absolute Gasteiger partial charge is 0.372 e. The molecule has 0 amide bonds. The molecule has 14 heavy (non-hydrogen) atoms. The molecule has 0 bridgehead atoms. The van der Waals surface area contributed by atoms with E-state index in [9.17, 15) is 0 Å². The lowest BCUT2D eigenvalue weighted by molar-refractivity contribution is 1.06. The molecule has 0 spiro atoms. The molecule has 4 heteroatoms. The molecule has 2 rings (SSSR count). The lowest BCUT2D eigenvalue weighted by Gasteiger charge is -2.06. The van der Waals surface area contributed by atoms with Crippen LogP contribution in [0.25, 0.3) is 5.69 Å². The Bertz CT molecular complexity index is 422. The van der Waals surface area contributed by atoms with Crippen LogP contribution in [0.5, 0.6) is 0 Å². The second-order valence-electron chi connectivity index (χ2n) is 2.84. The molecule has 0 aliphatic carbocycles. The summed E-state index contributed by atoms with van der Waals surface area (Å²) in [5.41, 5.74) is 1.04. The number of benzene rings is 1. The molecule has 72 valence electrons. The van der Waals surface area contributed by atoms with Crippen molar-refractivity contribution < 1.29 is 0 Å². The van der Waals surface area contributed by atoms with Crippen molar-refractivity contribution >= 4 is 17.4 Å². The van der Waals surface area contributed by atoms with E-state index in [0.717, 1.165) is 11.5 Å². The first-order chi connectivity index (χ1) is 6.83. The molecule has 0 saturated carbocycles. The fraction of sp³-hybridized carbons (Fsp3) is 0.100. The van der Waals surface area contributed by atoms with Crippen LogP contribution >= 0.6 is 11.6 Å². The highest BCUT2D eigenvalue weighted by Gasteiger charge is 2.07. The number of aromatic nitrogens is 2. The van der Waals surface area contributed by atoms with Crippen molar-refractivity contribution in [2.24, 2.45) is 0 Å². The Labute approximate surface area is 87.3 Å². The van der Waals surface area contributed by atoms with Crippen molar-refractivity contribution in [2.45, 2.75) is 0 Å². The minimum Gasteiger partial charge on any atom is -0.372 e. The van der Waals surface area contributed by atoms with Crippen LogP contribution < -0.4 is 5.32 Å². The Kier molecular flexibility index (Phi) is 2.41. The molecule has 1 aromatic heterocycles. The molecule has 1 N–H and O–H groups in total. The number of halogens is 1. The van der Waals surface area contributed by atoms with Crippen LogP contribution in [-0.4, -0.2) is 16.6 Å². The summed E-state index contributed by atoms with van der Waals surface area (Å²) in [6.07, 6.45) is 1.70. The Morgan fingerprint density at radius 3 is 2.64 bits per heavy atom. The number of nitrogens with zero attached hydrogens (tertiary/aromatic N) is 2. The van der Waals surface area contributed by atoms with E-state index in [1.807, 2.05) is 41.9 Å². The topological polar surface area (TPSA) is 29.9 Å². The van der Waals surface area contributed by atoms with Gasteiger partial charge in [0.1, 0.15) is 12.1 Å². The summed E-state index contributed by atoms with van der Waals surface area (Å²) >= 11 is 5.90. The maximum atomic E-state index is 5.90. The van der Waals surface area contributed by atoms with E-state index in [4.69, 9.17) is 11.6 Å². The quantitative estimate of drug-likeness (QED) is 0.821. The van der Waals surface area contributed by atoms with Gasteiger partial charge in [0, 0.05) is 12.7 Å². The van der Waals surface area contributed by atoms with Gasteiger partial charge in [0.2, 0.25) is 0 Å². The first-order valence-corrected chi connectivity index (χ1v) is 4.66. The van der Waals surface area contributed by atoms with Gasteiger partial charge in [0.25, 0.3) is 0 Å². The van der Waals surface area contributed by atoms with Crippen LogP contribution in [0.1, 0.15) is 0 Å². The highest BCUT2D eigenvalue weighted by Crippen LogP contribution is 2.22. The number of hydrogen-bond acceptors (Lipinski definition) is 2. The van der Waals surface area contributed by atoms with Gasteiger partial charge in [-0.1, -0.05) is 29.8 Å². The van der Waals surface area contributed by atoms with Crippen LogP contribution in [0, 0.1) is 0 Å². The second kappa shape index (κ2) is 3.72. The smallest absolute Gasteiger partial charge is 0.171 e. The first-order valence-electron chi connectivity index (χ1n) is 4.29. The van der Waals surface area contributed by atoms with Gasteiger partial charge in [-0.2, -0.15) is 0 Å². The fourth-order valence-corrected chi connectivity index (χ4v) is 1.56. The summed E-state index contributed by atoms with van der Waals surface area (Å²) in [7, 11) is 1.82. The number of hydrogen-bond donors (Lipinski definition) is 1. The Morgan fingerprint density at radius 1 is 1.29 bits per heavy atom. The average molecular weight is 208 g/mol. The third kappa shape index (κ3) is 1.46. The number of rotatable bonds is 2. The van der Waals surface area contributed by atoms with E-state index in [2.05, 4.69) is 10.3 Å². The van der Waals surface area contributed by atoms with Gasteiger partial charge in [-0.3, -0.25) is 4.57 Å². The molecule has 2 aromatic rings. The molecule has 0 saturated heterocycles. The van der Waals surface area contributed by atoms with Gasteiger partial charge in [-0.15, -0.1) is 0 Å². The highest BCUT2D eigenvalue weighted by molar-refractivity contribution is 6.31. The first kappa shape index (κ1) is 9.09. The Morgan fingerprint density at radius 2 is 2.00 bits per heavy atom. The number of para-hydroxylation sites is 1.